The summed E-state index contributed by atoms with van der Waals surface area (Å²) < 4.78 is 0. The second-order valence-corrected chi connectivity index (χ2v) is 7.01. The van der Waals surface area contributed by atoms with Gasteiger partial charge in [0.15, 0.2) is 0 Å². The molecule has 2 unspecified atom stereocenters. The monoisotopic (exact) mass is 280 g/mol. The molecule has 0 aromatic rings. The lowest BCUT2D eigenvalue weighted by Gasteiger charge is -2.49. The molecule has 2 atom stereocenters. The summed E-state index contributed by atoms with van der Waals surface area (Å²) in [5.41, 5.74) is 6.65. The van der Waals surface area contributed by atoms with E-state index in [0.717, 1.165) is 45.6 Å². The van der Waals surface area contributed by atoms with Gasteiger partial charge in [0.05, 0.1) is 0 Å². The van der Waals surface area contributed by atoms with E-state index < -0.39 is 0 Å². The van der Waals surface area contributed by atoms with Crippen molar-refractivity contribution in [2.24, 2.45) is 11.1 Å². The lowest BCUT2D eigenvalue weighted by Crippen LogP contribution is -2.60. The fraction of sp³-hybridized carbons (Fsp3) is 0.933. The number of nitrogens with two attached hydrogens (primary N) is 1. The Morgan fingerprint density at radius 3 is 2.70 bits per heavy atom. The molecular weight excluding hydrogens is 252 g/mol. The van der Waals surface area contributed by atoms with Crippen molar-refractivity contribution < 1.29 is 4.79 Å². The molecule has 0 aliphatic carbocycles. The second-order valence-electron chi connectivity index (χ2n) is 7.01. The van der Waals surface area contributed by atoms with Crippen molar-refractivity contribution >= 4 is 5.91 Å². The van der Waals surface area contributed by atoms with Crippen LogP contribution in [0.2, 0.25) is 0 Å². The number of carbonyl (C=O) groups excluding carboxylic acids is 1. The Hall–Kier alpha value is -0.650. The smallest absolute Gasteiger partial charge is 0.222 e. The Balaban J connectivity index is 1.57. The average molecular weight is 280 g/mol. The predicted octanol–water partition coefficient (Wildman–Crippen LogP) is 0.0100. The summed E-state index contributed by atoms with van der Waals surface area (Å²) in [4.78, 5) is 16.2. The first-order valence-electron chi connectivity index (χ1n) is 8.04. The van der Waals surface area contributed by atoms with Crippen LogP contribution in [-0.2, 0) is 4.79 Å². The van der Waals surface area contributed by atoms with E-state index in [4.69, 9.17) is 5.73 Å². The average Bonchev–Trinajstić information content (AvgIpc) is 2.45. The predicted molar refractivity (Wildman–Crippen MR) is 79.4 cm³/mol. The highest BCUT2D eigenvalue weighted by Gasteiger charge is 2.41. The van der Waals surface area contributed by atoms with Crippen LogP contribution in [0.5, 0.6) is 0 Å². The molecule has 3 fully saturated rings. The molecule has 20 heavy (non-hydrogen) atoms. The summed E-state index contributed by atoms with van der Waals surface area (Å²) in [6, 6.07) is 0.824. The highest BCUT2D eigenvalue weighted by Crippen LogP contribution is 2.40. The second kappa shape index (κ2) is 5.62. The molecule has 114 valence electrons. The molecular formula is C15H28N4O. The lowest BCUT2D eigenvalue weighted by molar-refractivity contribution is -0.137. The molecule has 0 saturated carbocycles. The molecule has 0 aromatic heterocycles. The van der Waals surface area contributed by atoms with Crippen LogP contribution in [-0.4, -0.2) is 67.6 Å². The van der Waals surface area contributed by atoms with Gasteiger partial charge < -0.3 is 16.0 Å². The number of hydrogen-bond acceptors (Lipinski definition) is 4. The maximum absolute atomic E-state index is 11.7. The van der Waals surface area contributed by atoms with Crippen LogP contribution in [0.25, 0.3) is 0 Å². The van der Waals surface area contributed by atoms with Crippen molar-refractivity contribution in [3.63, 3.8) is 0 Å². The third-order valence-corrected chi connectivity index (χ3v) is 5.69. The zero-order chi connectivity index (χ0) is 14.2. The number of hydrogen-bond donors (Lipinski definition) is 2. The first kappa shape index (κ1) is 14.3. The van der Waals surface area contributed by atoms with E-state index in [9.17, 15) is 4.79 Å². The van der Waals surface area contributed by atoms with Gasteiger partial charge in [-0.3, -0.25) is 9.69 Å². The molecule has 5 heteroatoms. The van der Waals surface area contributed by atoms with E-state index in [-0.39, 0.29) is 6.04 Å². The summed E-state index contributed by atoms with van der Waals surface area (Å²) in [6.07, 6.45) is 5.45. The molecule has 1 amide bonds. The van der Waals surface area contributed by atoms with Crippen LogP contribution in [0.4, 0.5) is 0 Å². The summed E-state index contributed by atoms with van der Waals surface area (Å²) in [5.74, 6) is 0.318. The first-order chi connectivity index (χ1) is 9.60. The summed E-state index contributed by atoms with van der Waals surface area (Å²) in [6.45, 7) is 5.31. The minimum atomic E-state index is 0.272. The molecule has 3 rings (SSSR count). The fourth-order valence-electron chi connectivity index (χ4n) is 4.29. The van der Waals surface area contributed by atoms with Gasteiger partial charge in [0.25, 0.3) is 0 Å². The third-order valence-electron chi connectivity index (χ3n) is 5.69. The molecule has 3 N–H and O–H groups in total. The summed E-state index contributed by atoms with van der Waals surface area (Å²) in [5, 5.41) is 3.38. The van der Waals surface area contributed by atoms with Gasteiger partial charge in [-0.15, -0.1) is 0 Å². The molecule has 0 radical (unpaired) electrons. The lowest BCUT2D eigenvalue weighted by atomic mass is 9.72. The summed E-state index contributed by atoms with van der Waals surface area (Å²) in [7, 11) is 1.96. The summed E-state index contributed by atoms with van der Waals surface area (Å²) >= 11 is 0. The molecule has 3 aliphatic heterocycles. The van der Waals surface area contributed by atoms with Crippen molar-refractivity contribution in [1.29, 1.82) is 0 Å². The highest BCUT2D eigenvalue weighted by molar-refractivity contribution is 5.76. The number of rotatable bonds is 1. The van der Waals surface area contributed by atoms with Crippen LogP contribution in [0.1, 0.15) is 32.1 Å². The Morgan fingerprint density at radius 2 is 2.05 bits per heavy atom. The van der Waals surface area contributed by atoms with E-state index in [1.807, 2.05) is 11.9 Å². The molecule has 5 nitrogen and oxygen atoms in total. The van der Waals surface area contributed by atoms with Crippen LogP contribution >= 0.6 is 0 Å². The number of carbonyl (C=O) groups is 1. The SMILES string of the molecule is CN1CC2(CCC1=O)CCN(C1CCNCC1N)CC2. The van der Waals surface area contributed by atoms with Crippen LogP contribution in [0, 0.1) is 5.41 Å². The van der Waals surface area contributed by atoms with E-state index in [0.29, 0.717) is 17.4 Å². The zero-order valence-corrected chi connectivity index (χ0v) is 12.6. The first-order valence-corrected chi connectivity index (χ1v) is 8.04. The standard InChI is InChI=1S/C15H28N4O/c1-18-11-15(4-2-14(18)20)5-8-19(9-6-15)13-3-7-17-10-12(13)16/h12-13,17H,2-11,16H2,1H3. The van der Waals surface area contributed by atoms with Gasteiger partial charge >= 0.3 is 0 Å². The molecule has 0 bridgehead atoms. The van der Waals surface area contributed by atoms with E-state index in [1.54, 1.807) is 0 Å². The molecule has 0 aromatic carbocycles. The van der Waals surface area contributed by atoms with E-state index >= 15 is 0 Å². The Bertz CT molecular complexity index is 365. The maximum atomic E-state index is 11.7. The number of nitrogens with zero attached hydrogens (tertiary/aromatic N) is 2. The molecule has 1 spiro atoms. The minimum absolute atomic E-state index is 0.272. The van der Waals surface area contributed by atoms with Gasteiger partial charge in [0, 0.05) is 38.6 Å². The third kappa shape index (κ3) is 2.71. The quantitative estimate of drug-likeness (QED) is 0.710. The van der Waals surface area contributed by atoms with Crippen molar-refractivity contribution in [3.8, 4) is 0 Å². The topological polar surface area (TPSA) is 61.6 Å². The van der Waals surface area contributed by atoms with Crippen molar-refractivity contribution in [3.05, 3.63) is 0 Å². The van der Waals surface area contributed by atoms with Crippen molar-refractivity contribution in [2.45, 2.75) is 44.2 Å². The van der Waals surface area contributed by atoms with Crippen molar-refractivity contribution in [1.82, 2.24) is 15.1 Å². The number of amides is 1. The van der Waals surface area contributed by atoms with E-state index in [2.05, 4.69) is 10.2 Å². The van der Waals surface area contributed by atoms with Gasteiger partial charge in [-0.05, 0) is 50.7 Å². The van der Waals surface area contributed by atoms with Crippen LogP contribution in [0.15, 0.2) is 0 Å². The maximum Gasteiger partial charge on any atom is 0.222 e. The highest BCUT2D eigenvalue weighted by atomic mass is 16.2. The van der Waals surface area contributed by atoms with Gasteiger partial charge in [0.2, 0.25) is 5.91 Å². The van der Waals surface area contributed by atoms with Crippen LogP contribution in [0.3, 0.4) is 0 Å². The fourth-order valence-corrected chi connectivity index (χ4v) is 4.29. The Kier molecular flexibility index (Phi) is 4.02. The minimum Gasteiger partial charge on any atom is -0.345 e. The van der Waals surface area contributed by atoms with Gasteiger partial charge in [-0.25, -0.2) is 0 Å². The number of likely N-dealkylation sites (tertiary alicyclic amines) is 2. The zero-order valence-electron chi connectivity index (χ0n) is 12.6. The number of nitrogens with one attached hydrogen (secondary N) is 1. The molecule has 3 aliphatic rings. The van der Waals surface area contributed by atoms with E-state index in [1.165, 1.54) is 19.3 Å². The molecule has 3 saturated heterocycles. The van der Waals surface area contributed by atoms with Gasteiger partial charge in [0.1, 0.15) is 0 Å². The van der Waals surface area contributed by atoms with Crippen LogP contribution < -0.4 is 11.1 Å². The number of piperidine rings is 3. The molecule has 3 heterocycles. The Labute approximate surface area is 121 Å². The normalized spacial score (nSPS) is 35.5. The van der Waals surface area contributed by atoms with Gasteiger partial charge in [-0.2, -0.15) is 0 Å². The van der Waals surface area contributed by atoms with Crippen molar-refractivity contribution in [2.75, 3.05) is 39.8 Å². The Morgan fingerprint density at radius 1 is 1.30 bits per heavy atom. The largest absolute Gasteiger partial charge is 0.345 e. The van der Waals surface area contributed by atoms with Gasteiger partial charge in [-0.1, -0.05) is 0 Å².